The number of rotatable bonds is 9. The highest BCUT2D eigenvalue weighted by atomic mass is 16.5. The van der Waals surface area contributed by atoms with E-state index in [1.807, 2.05) is 0 Å². The SMILES string of the molecule is COc1cc(C(=O)NCC(=O)OC(C)C(=O)C23CC4CC(CC(C4)C2)C3)cc(OC)c1OC. The van der Waals surface area contributed by atoms with E-state index in [1.54, 1.807) is 6.92 Å². The molecule has 0 radical (unpaired) electrons. The fraction of sp³-hybridized carbons (Fsp3) is 0.640. The molecule has 4 fully saturated rings. The molecule has 1 atom stereocenters. The highest BCUT2D eigenvalue weighted by Gasteiger charge is 2.55. The van der Waals surface area contributed by atoms with Crippen molar-refractivity contribution in [1.29, 1.82) is 0 Å². The minimum absolute atomic E-state index is 0.0471. The van der Waals surface area contributed by atoms with E-state index in [9.17, 15) is 14.4 Å². The van der Waals surface area contributed by atoms with Crippen molar-refractivity contribution in [3.05, 3.63) is 17.7 Å². The largest absolute Gasteiger partial charge is 0.493 e. The van der Waals surface area contributed by atoms with E-state index >= 15 is 0 Å². The molecule has 180 valence electrons. The topological polar surface area (TPSA) is 100 Å². The Morgan fingerprint density at radius 3 is 1.91 bits per heavy atom. The number of benzene rings is 1. The predicted octanol–water partition coefficient (Wildman–Crippen LogP) is 3.16. The van der Waals surface area contributed by atoms with Gasteiger partial charge >= 0.3 is 5.97 Å². The van der Waals surface area contributed by atoms with Crippen LogP contribution in [-0.2, 0) is 14.3 Å². The summed E-state index contributed by atoms with van der Waals surface area (Å²) in [5, 5.41) is 2.54. The second-order valence-electron chi connectivity index (χ2n) is 9.79. The van der Waals surface area contributed by atoms with Crippen LogP contribution in [0.1, 0.15) is 55.8 Å². The standard InChI is InChI=1S/C25H33NO7/c1-14(23(28)25-10-15-5-16(11-25)7-17(6-15)12-25)33-21(27)13-26-24(29)18-8-19(30-2)22(32-4)20(9-18)31-3/h8-9,14-17H,5-7,10-13H2,1-4H3,(H,26,29). The van der Waals surface area contributed by atoms with Crippen LogP contribution in [0.15, 0.2) is 12.1 Å². The van der Waals surface area contributed by atoms with E-state index in [0.29, 0.717) is 35.0 Å². The van der Waals surface area contributed by atoms with E-state index in [2.05, 4.69) is 5.32 Å². The van der Waals surface area contributed by atoms with Gasteiger partial charge in [0.1, 0.15) is 6.54 Å². The van der Waals surface area contributed by atoms with Crippen molar-refractivity contribution < 1.29 is 33.3 Å². The van der Waals surface area contributed by atoms with Gasteiger partial charge < -0.3 is 24.3 Å². The third-order valence-corrected chi connectivity index (χ3v) is 7.56. The number of Topliss-reactive ketones (excluding diaryl/α,β-unsaturated/α-hetero) is 1. The van der Waals surface area contributed by atoms with E-state index in [-0.39, 0.29) is 23.3 Å². The lowest BCUT2D eigenvalue weighted by Crippen LogP contribution is -2.53. The molecule has 1 unspecified atom stereocenters. The molecule has 0 aromatic heterocycles. The maximum Gasteiger partial charge on any atom is 0.326 e. The van der Waals surface area contributed by atoms with Crippen molar-refractivity contribution in [2.75, 3.05) is 27.9 Å². The molecule has 5 rings (SSSR count). The number of hydrogen-bond acceptors (Lipinski definition) is 7. The molecule has 4 bridgehead atoms. The average Bonchev–Trinajstić information content (AvgIpc) is 2.79. The number of ketones is 1. The van der Waals surface area contributed by atoms with Crippen molar-refractivity contribution in [2.24, 2.45) is 23.2 Å². The van der Waals surface area contributed by atoms with Gasteiger partial charge in [0.05, 0.1) is 21.3 Å². The quantitative estimate of drug-likeness (QED) is 0.566. The zero-order chi connectivity index (χ0) is 23.8. The van der Waals surface area contributed by atoms with Crippen LogP contribution < -0.4 is 19.5 Å². The molecule has 0 spiro atoms. The van der Waals surface area contributed by atoms with Gasteiger partial charge in [0, 0.05) is 11.0 Å². The number of esters is 1. The van der Waals surface area contributed by atoms with Crippen LogP contribution in [-0.4, -0.2) is 51.6 Å². The molecule has 33 heavy (non-hydrogen) atoms. The highest BCUT2D eigenvalue weighted by molar-refractivity contribution is 5.97. The first kappa shape index (κ1) is 23.4. The van der Waals surface area contributed by atoms with Gasteiger partial charge in [-0.1, -0.05) is 0 Å². The lowest BCUT2D eigenvalue weighted by Gasteiger charge is -2.56. The number of methoxy groups -OCH3 is 3. The molecular formula is C25H33NO7. The van der Waals surface area contributed by atoms with E-state index in [0.717, 1.165) is 19.3 Å². The van der Waals surface area contributed by atoms with Gasteiger partial charge in [0.25, 0.3) is 5.91 Å². The van der Waals surface area contributed by atoms with E-state index < -0.39 is 18.0 Å². The van der Waals surface area contributed by atoms with Crippen LogP contribution in [0.5, 0.6) is 17.2 Å². The molecule has 4 aliphatic rings. The number of carbonyl (C=O) groups is 3. The molecule has 0 aliphatic heterocycles. The summed E-state index contributed by atoms with van der Waals surface area (Å²) in [4.78, 5) is 38.3. The Bertz CT molecular complexity index is 880. The van der Waals surface area contributed by atoms with Crippen molar-refractivity contribution >= 4 is 17.7 Å². The summed E-state index contributed by atoms with van der Waals surface area (Å²) >= 11 is 0. The number of nitrogens with one attached hydrogen (secondary N) is 1. The monoisotopic (exact) mass is 459 g/mol. The normalized spacial score (nSPS) is 28.1. The van der Waals surface area contributed by atoms with Gasteiger partial charge in [0.2, 0.25) is 5.75 Å². The Hall–Kier alpha value is -2.77. The van der Waals surface area contributed by atoms with Crippen LogP contribution in [0, 0.1) is 23.2 Å². The number of amides is 1. The maximum atomic E-state index is 13.3. The molecule has 4 saturated carbocycles. The fourth-order valence-corrected chi connectivity index (χ4v) is 6.60. The molecule has 1 N–H and O–H groups in total. The summed E-state index contributed by atoms with van der Waals surface area (Å²) in [7, 11) is 4.39. The molecule has 0 heterocycles. The molecule has 4 aliphatic carbocycles. The molecule has 1 aromatic carbocycles. The summed E-state index contributed by atoms with van der Waals surface area (Å²) in [6, 6.07) is 3.00. The Morgan fingerprint density at radius 1 is 0.939 bits per heavy atom. The minimum Gasteiger partial charge on any atom is -0.493 e. The molecule has 8 nitrogen and oxygen atoms in total. The Labute approximate surface area is 194 Å². The fourth-order valence-electron chi connectivity index (χ4n) is 6.60. The highest BCUT2D eigenvalue weighted by Crippen LogP contribution is 2.60. The van der Waals surface area contributed by atoms with Crippen LogP contribution in [0.2, 0.25) is 0 Å². The average molecular weight is 460 g/mol. The summed E-state index contributed by atoms with van der Waals surface area (Å²) in [6.45, 7) is 1.31. The van der Waals surface area contributed by atoms with Gasteiger partial charge in [0.15, 0.2) is 23.4 Å². The predicted molar refractivity (Wildman–Crippen MR) is 120 cm³/mol. The van der Waals surface area contributed by atoms with Crippen molar-refractivity contribution in [3.8, 4) is 17.2 Å². The van der Waals surface area contributed by atoms with Crippen LogP contribution in [0.25, 0.3) is 0 Å². The van der Waals surface area contributed by atoms with Crippen molar-refractivity contribution in [1.82, 2.24) is 5.32 Å². The number of ether oxygens (including phenoxy) is 4. The summed E-state index contributed by atoms with van der Waals surface area (Å²) in [5.41, 5.74) is -0.0801. The second kappa shape index (κ2) is 9.23. The molecule has 8 heteroatoms. The van der Waals surface area contributed by atoms with E-state index in [4.69, 9.17) is 18.9 Å². The Morgan fingerprint density at radius 2 is 1.45 bits per heavy atom. The first-order chi connectivity index (χ1) is 15.8. The van der Waals surface area contributed by atoms with Gasteiger partial charge in [-0.05, 0) is 75.3 Å². The number of hydrogen-bond donors (Lipinski definition) is 1. The lowest BCUT2D eigenvalue weighted by atomic mass is 9.48. The van der Waals surface area contributed by atoms with Crippen LogP contribution in [0.4, 0.5) is 0 Å². The maximum absolute atomic E-state index is 13.3. The summed E-state index contributed by atoms with van der Waals surface area (Å²) in [5.74, 6) is 1.87. The van der Waals surface area contributed by atoms with Crippen molar-refractivity contribution in [3.63, 3.8) is 0 Å². The zero-order valence-corrected chi connectivity index (χ0v) is 19.8. The first-order valence-corrected chi connectivity index (χ1v) is 11.6. The molecular weight excluding hydrogens is 426 g/mol. The summed E-state index contributed by atoms with van der Waals surface area (Å²) in [6.07, 6.45) is 5.70. The van der Waals surface area contributed by atoms with Gasteiger partial charge in [-0.2, -0.15) is 0 Å². The molecule has 0 saturated heterocycles. The van der Waals surface area contributed by atoms with E-state index in [1.165, 1.54) is 52.7 Å². The van der Waals surface area contributed by atoms with Crippen LogP contribution >= 0.6 is 0 Å². The van der Waals surface area contributed by atoms with Crippen molar-refractivity contribution in [2.45, 2.75) is 51.6 Å². The van der Waals surface area contributed by atoms with Gasteiger partial charge in [-0.15, -0.1) is 0 Å². The lowest BCUT2D eigenvalue weighted by molar-refractivity contribution is -0.164. The molecule has 1 amide bonds. The minimum atomic E-state index is -0.813. The first-order valence-electron chi connectivity index (χ1n) is 11.6. The number of carbonyl (C=O) groups excluding carboxylic acids is 3. The third kappa shape index (κ3) is 4.52. The second-order valence-corrected chi connectivity index (χ2v) is 9.79. The van der Waals surface area contributed by atoms with Crippen LogP contribution in [0.3, 0.4) is 0 Å². The summed E-state index contributed by atoms with van der Waals surface area (Å²) < 4.78 is 21.2. The smallest absolute Gasteiger partial charge is 0.326 e. The zero-order valence-electron chi connectivity index (χ0n) is 19.8. The van der Waals surface area contributed by atoms with Gasteiger partial charge in [-0.25, -0.2) is 0 Å². The van der Waals surface area contributed by atoms with Gasteiger partial charge in [-0.3, -0.25) is 14.4 Å². The molecule has 1 aromatic rings. The Kier molecular flexibility index (Phi) is 6.54. The Balaban J connectivity index is 1.34. The third-order valence-electron chi connectivity index (χ3n) is 7.56.